The van der Waals surface area contributed by atoms with Crippen molar-refractivity contribution in [3.05, 3.63) is 23.3 Å². The number of benzene rings is 1. The molecule has 0 amide bonds. The first-order chi connectivity index (χ1) is 7.61. The van der Waals surface area contributed by atoms with Gasteiger partial charge in [0, 0.05) is 38.3 Å². The first kappa shape index (κ1) is 11.2. The van der Waals surface area contributed by atoms with Crippen LogP contribution in [0.1, 0.15) is 11.1 Å². The molecule has 0 saturated carbocycles. The summed E-state index contributed by atoms with van der Waals surface area (Å²) in [4.78, 5) is 0. The van der Waals surface area contributed by atoms with Gasteiger partial charge in [0.2, 0.25) is 0 Å². The number of anilines is 2. The first-order valence-corrected chi connectivity index (χ1v) is 5.54. The zero-order chi connectivity index (χ0) is 11.8. The molecule has 0 saturated heterocycles. The molecule has 4 heteroatoms. The molecule has 2 rings (SSSR count). The van der Waals surface area contributed by atoms with Crippen molar-refractivity contribution in [1.29, 1.82) is 0 Å². The Hall–Kier alpha value is -1.26. The Labute approximate surface area is 96.1 Å². The van der Waals surface area contributed by atoms with Gasteiger partial charge < -0.3 is 15.7 Å². The standard InChI is InChI=1S/C12H19N3O/c1-13-9-4-8-6-12(16,15-3)7-10(8)11(5-9)14-2/h4-5,13-16H,6-7H2,1-3H3. The van der Waals surface area contributed by atoms with E-state index in [1.165, 1.54) is 11.1 Å². The summed E-state index contributed by atoms with van der Waals surface area (Å²) in [6, 6.07) is 4.17. The number of likely N-dealkylation sites (N-methyl/N-ethyl adjacent to an activating group) is 1. The summed E-state index contributed by atoms with van der Waals surface area (Å²) in [5.41, 5.74) is 3.78. The van der Waals surface area contributed by atoms with Gasteiger partial charge in [-0.05, 0) is 30.3 Å². The maximum absolute atomic E-state index is 10.2. The van der Waals surface area contributed by atoms with Crippen molar-refractivity contribution in [3.63, 3.8) is 0 Å². The van der Waals surface area contributed by atoms with E-state index in [-0.39, 0.29) is 0 Å². The number of hydrogen-bond donors (Lipinski definition) is 4. The van der Waals surface area contributed by atoms with Crippen molar-refractivity contribution < 1.29 is 5.11 Å². The van der Waals surface area contributed by atoms with Crippen LogP contribution in [0, 0.1) is 0 Å². The molecule has 0 aliphatic heterocycles. The third kappa shape index (κ3) is 1.74. The second-order valence-electron chi connectivity index (χ2n) is 4.30. The summed E-state index contributed by atoms with van der Waals surface area (Å²) in [5.74, 6) is 0. The fourth-order valence-corrected chi connectivity index (χ4v) is 2.31. The molecule has 4 nitrogen and oxygen atoms in total. The average Bonchev–Trinajstić information content (AvgIpc) is 2.64. The molecule has 0 heterocycles. The predicted octanol–water partition coefficient (Wildman–Crippen LogP) is 0.777. The Bertz CT molecular complexity index is 405. The molecular formula is C12H19N3O. The molecule has 0 aromatic heterocycles. The molecule has 1 aromatic carbocycles. The molecule has 0 spiro atoms. The average molecular weight is 221 g/mol. The fourth-order valence-electron chi connectivity index (χ4n) is 2.31. The second-order valence-corrected chi connectivity index (χ2v) is 4.30. The molecule has 16 heavy (non-hydrogen) atoms. The smallest absolute Gasteiger partial charge is 0.124 e. The zero-order valence-corrected chi connectivity index (χ0v) is 10.0. The lowest BCUT2D eigenvalue weighted by Gasteiger charge is -2.20. The Morgan fingerprint density at radius 1 is 1.12 bits per heavy atom. The fraction of sp³-hybridized carbons (Fsp3) is 0.500. The molecule has 1 aliphatic carbocycles. The zero-order valence-electron chi connectivity index (χ0n) is 10.0. The molecule has 0 radical (unpaired) electrons. The lowest BCUT2D eigenvalue weighted by atomic mass is 10.1. The summed E-state index contributed by atoms with van der Waals surface area (Å²) in [6.07, 6.45) is 1.31. The highest BCUT2D eigenvalue weighted by Crippen LogP contribution is 2.35. The summed E-state index contributed by atoms with van der Waals surface area (Å²) < 4.78 is 0. The highest BCUT2D eigenvalue weighted by atomic mass is 16.3. The minimum absolute atomic E-state index is 0.652. The van der Waals surface area contributed by atoms with Crippen molar-refractivity contribution in [2.24, 2.45) is 0 Å². The molecule has 0 bridgehead atoms. The first-order valence-electron chi connectivity index (χ1n) is 5.54. The Balaban J connectivity index is 2.44. The second kappa shape index (κ2) is 3.96. The van der Waals surface area contributed by atoms with Crippen LogP contribution < -0.4 is 16.0 Å². The highest BCUT2D eigenvalue weighted by Gasteiger charge is 2.35. The molecule has 1 atom stereocenters. The van der Waals surface area contributed by atoms with Gasteiger partial charge in [0.1, 0.15) is 5.72 Å². The summed E-state index contributed by atoms with van der Waals surface area (Å²) in [7, 11) is 5.61. The lowest BCUT2D eigenvalue weighted by molar-refractivity contribution is 0.0237. The summed E-state index contributed by atoms with van der Waals surface area (Å²) in [5, 5.41) is 19.5. The third-order valence-corrected chi connectivity index (χ3v) is 3.32. The van der Waals surface area contributed by atoms with Crippen molar-refractivity contribution in [1.82, 2.24) is 5.32 Å². The highest BCUT2D eigenvalue weighted by molar-refractivity contribution is 5.66. The Morgan fingerprint density at radius 3 is 2.44 bits per heavy atom. The summed E-state index contributed by atoms with van der Waals surface area (Å²) >= 11 is 0. The number of nitrogens with one attached hydrogen (secondary N) is 3. The molecule has 1 aliphatic rings. The van der Waals surface area contributed by atoms with Gasteiger partial charge in [0.25, 0.3) is 0 Å². The van der Waals surface area contributed by atoms with Crippen LogP contribution in [0.15, 0.2) is 12.1 Å². The molecule has 0 fully saturated rings. The number of fused-ring (bicyclic) bond motifs is 1. The van der Waals surface area contributed by atoms with E-state index in [4.69, 9.17) is 0 Å². The predicted molar refractivity (Wildman–Crippen MR) is 67.0 cm³/mol. The van der Waals surface area contributed by atoms with Crippen LogP contribution in [-0.4, -0.2) is 32.0 Å². The van der Waals surface area contributed by atoms with Crippen LogP contribution in [0.3, 0.4) is 0 Å². The minimum Gasteiger partial charge on any atom is -0.388 e. The van der Waals surface area contributed by atoms with E-state index >= 15 is 0 Å². The van der Waals surface area contributed by atoms with Crippen LogP contribution in [0.25, 0.3) is 0 Å². The third-order valence-electron chi connectivity index (χ3n) is 3.32. The van der Waals surface area contributed by atoms with Gasteiger partial charge in [-0.25, -0.2) is 0 Å². The molecule has 1 aromatic rings. The minimum atomic E-state index is -0.791. The van der Waals surface area contributed by atoms with Crippen molar-refractivity contribution in [2.45, 2.75) is 18.6 Å². The number of aliphatic hydroxyl groups is 1. The van der Waals surface area contributed by atoms with Gasteiger partial charge in [-0.15, -0.1) is 0 Å². The largest absolute Gasteiger partial charge is 0.388 e. The maximum Gasteiger partial charge on any atom is 0.124 e. The van der Waals surface area contributed by atoms with Gasteiger partial charge in [-0.3, -0.25) is 5.32 Å². The van der Waals surface area contributed by atoms with Crippen molar-refractivity contribution in [2.75, 3.05) is 31.8 Å². The quantitative estimate of drug-likeness (QED) is 0.570. The monoisotopic (exact) mass is 221 g/mol. The molecular weight excluding hydrogens is 202 g/mol. The van der Waals surface area contributed by atoms with E-state index < -0.39 is 5.72 Å². The van der Waals surface area contributed by atoms with E-state index in [0.29, 0.717) is 12.8 Å². The SMILES string of the molecule is CNc1cc2c(c(NC)c1)CC(O)(NC)C2. The van der Waals surface area contributed by atoms with Gasteiger partial charge in [-0.1, -0.05) is 0 Å². The lowest BCUT2D eigenvalue weighted by Crippen LogP contribution is -2.43. The molecule has 88 valence electrons. The van der Waals surface area contributed by atoms with Crippen molar-refractivity contribution in [3.8, 4) is 0 Å². The van der Waals surface area contributed by atoms with E-state index in [1.54, 1.807) is 7.05 Å². The topological polar surface area (TPSA) is 56.3 Å². The van der Waals surface area contributed by atoms with Gasteiger partial charge in [0.05, 0.1) is 0 Å². The van der Waals surface area contributed by atoms with E-state index in [0.717, 1.165) is 11.4 Å². The van der Waals surface area contributed by atoms with Gasteiger partial charge in [-0.2, -0.15) is 0 Å². The van der Waals surface area contributed by atoms with Gasteiger partial charge >= 0.3 is 0 Å². The number of hydrogen-bond acceptors (Lipinski definition) is 4. The van der Waals surface area contributed by atoms with Crippen LogP contribution in [0.4, 0.5) is 11.4 Å². The summed E-state index contributed by atoms with van der Waals surface area (Å²) in [6.45, 7) is 0. The Morgan fingerprint density at radius 2 is 1.88 bits per heavy atom. The van der Waals surface area contributed by atoms with Crippen LogP contribution >= 0.6 is 0 Å². The molecule has 4 N–H and O–H groups in total. The van der Waals surface area contributed by atoms with Gasteiger partial charge in [0.15, 0.2) is 0 Å². The van der Waals surface area contributed by atoms with Crippen LogP contribution in [0.2, 0.25) is 0 Å². The normalized spacial score (nSPS) is 23.0. The van der Waals surface area contributed by atoms with Crippen LogP contribution in [-0.2, 0) is 12.8 Å². The molecule has 1 unspecified atom stereocenters. The van der Waals surface area contributed by atoms with E-state index in [1.807, 2.05) is 14.1 Å². The maximum atomic E-state index is 10.2. The van der Waals surface area contributed by atoms with Crippen LogP contribution in [0.5, 0.6) is 0 Å². The van der Waals surface area contributed by atoms with Crippen molar-refractivity contribution >= 4 is 11.4 Å². The number of rotatable bonds is 3. The Kier molecular flexibility index (Phi) is 2.78. The van der Waals surface area contributed by atoms with E-state index in [2.05, 4.69) is 28.1 Å². The van der Waals surface area contributed by atoms with E-state index in [9.17, 15) is 5.11 Å².